The molecule has 0 atom stereocenters. The van der Waals surface area contributed by atoms with E-state index in [2.05, 4.69) is 32.6 Å². The number of carbonyl (C=O) groups is 1. The Morgan fingerprint density at radius 3 is 2.55 bits per heavy atom. The number of nitrogens with one attached hydrogen (secondary N) is 1. The Morgan fingerprint density at radius 1 is 1.00 bits per heavy atom. The predicted octanol–water partition coefficient (Wildman–Crippen LogP) is 3.85. The van der Waals surface area contributed by atoms with Gasteiger partial charge < -0.3 is 10.1 Å². The van der Waals surface area contributed by atoms with E-state index < -0.39 is 0 Å². The van der Waals surface area contributed by atoms with Crippen molar-refractivity contribution in [3.63, 3.8) is 0 Å². The number of hydrogen-bond donors (Lipinski definition) is 1. The van der Waals surface area contributed by atoms with Gasteiger partial charge >= 0.3 is 0 Å². The Bertz CT molecular complexity index is 1160. The molecule has 7 nitrogen and oxygen atoms in total. The largest absolute Gasteiger partial charge is 0.497 e. The number of rotatable bonds is 10. The summed E-state index contributed by atoms with van der Waals surface area (Å²) in [5.41, 5.74) is 3.16. The first-order chi connectivity index (χ1) is 16.2. The van der Waals surface area contributed by atoms with E-state index in [1.54, 1.807) is 19.5 Å². The van der Waals surface area contributed by atoms with Gasteiger partial charge in [0.25, 0.3) is 0 Å². The van der Waals surface area contributed by atoms with Crippen LogP contribution < -0.4 is 10.1 Å². The molecule has 33 heavy (non-hydrogen) atoms. The number of benzene rings is 2. The second-order valence-corrected chi connectivity index (χ2v) is 8.30. The van der Waals surface area contributed by atoms with Crippen LogP contribution in [0.2, 0.25) is 0 Å². The zero-order chi connectivity index (χ0) is 22.9. The fraction of sp³-hybridized carbons (Fsp3) is 0.200. The van der Waals surface area contributed by atoms with Gasteiger partial charge in [0.2, 0.25) is 5.91 Å². The first-order valence-electron chi connectivity index (χ1n) is 10.6. The molecule has 0 fully saturated rings. The molecule has 0 spiro atoms. The normalized spacial score (nSPS) is 10.7. The quantitative estimate of drug-likeness (QED) is 0.363. The van der Waals surface area contributed by atoms with Crippen molar-refractivity contribution in [1.82, 2.24) is 25.1 Å². The molecule has 168 valence electrons. The molecule has 0 radical (unpaired) electrons. The first-order valence-corrected chi connectivity index (χ1v) is 11.6. The minimum atomic E-state index is -0.0364. The standard InChI is InChI=1S/C25H25N5O2S/c1-32-22-11-9-19(10-12-22)13-15-27-23(31)18-33-25-29-28-24(21-8-5-14-26-16-21)30(25)17-20-6-3-2-4-7-20/h2-12,14,16H,13,15,17-18H2,1H3,(H,27,31). The molecule has 0 aliphatic heterocycles. The number of methoxy groups -OCH3 is 1. The van der Waals surface area contributed by atoms with Crippen molar-refractivity contribution in [2.75, 3.05) is 19.4 Å². The van der Waals surface area contributed by atoms with Crippen LogP contribution in [-0.2, 0) is 17.8 Å². The Morgan fingerprint density at radius 2 is 1.82 bits per heavy atom. The highest BCUT2D eigenvalue weighted by Gasteiger charge is 2.16. The minimum Gasteiger partial charge on any atom is -0.497 e. The van der Waals surface area contributed by atoms with E-state index in [9.17, 15) is 4.79 Å². The number of aromatic nitrogens is 4. The Kier molecular flexibility index (Phi) is 7.71. The van der Waals surface area contributed by atoms with Gasteiger partial charge in [-0.3, -0.25) is 14.3 Å². The van der Waals surface area contributed by atoms with Gasteiger partial charge in [0.15, 0.2) is 11.0 Å². The van der Waals surface area contributed by atoms with Crippen molar-refractivity contribution in [2.24, 2.45) is 0 Å². The molecule has 0 unspecified atom stereocenters. The Balaban J connectivity index is 1.38. The van der Waals surface area contributed by atoms with E-state index in [1.165, 1.54) is 11.8 Å². The van der Waals surface area contributed by atoms with Crippen LogP contribution in [0.5, 0.6) is 5.75 Å². The molecule has 0 bridgehead atoms. The third-order valence-corrected chi connectivity index (χ3v) is 6.01. The number of thioether (sulfide) groups is 1. The molecule has 1 amide bonds. The van der Waals surface area contributed by atoms with Gasteiger partial charge in [0.1, 0.15) is 5.75 Å². The van der Waals surface area contributed by atoms with Crippen molar-refractivity contribution < 1.29 is 9.53 Å². The summed E-state index contributed by atoms with van der Waals surface area (Å²) < 4.78 is 7.20. The number of amides is 1. The van der Waals surface area contributed by atoms with Crippen molar-refractivity contribution >= 4 is 17.7 Å². The lowest BCUT2D eigenvalue weighted by Crippen LogP contribution is -2.27. The third-order valence-electron chi connectivity index (χ3n) is 5.05. The van der Waals surface area contributed by atoms with Crippen LogP contribution in [0.25, 0.3) is 11.4 Å². The molecule has 4 rings (SSSR count). The molecule has 8 heteroatoms. The number of ether oxygens (including phenoxy) is 1. The van der Waals surface area contributed by atoms with E-state index in [4.69, 9.17) is 4.74 Å². The van der Waals surface area contributed by atoms with Crippen molar-refractivity contribution in [3.8, 4) is 17.1 Å². The van der Waals surface area contributed by atoms with Gasteiger partial charge in [-0.2, -0.15) is 0 Å². The van der Waals surface area contributed by atoms with E-state index in [-0.39, 0.29) is 11.7 Å². The predicted molar refractivity (Wildman–Crippen MR) is 129 cm³/mol. The van der Waals surface area contributed by atoms with Crippen LogP contribution in [-0.4, -0.2) is 45.1 Å². The summed E-state index contributed by atoms with van der Waals surface area (Å²) in [7, 11) is 1.65. The van der Waals surface area contributed by atoms with E-state index in [0.29, 0.717) is 18.2 Å². The summed E-state index contributed by atoms with van der Waals surface area (Å²) in [5, 5.41) is 12.4. The first kappa shape index (κ1) is 22.5. The monoisotopic (exact) mass is 459 g/mol. The lowest BCUT2D eigenvalue weighted by molar-refractivity contribution is -0.118. The number of nitrogens with zero attached hydrogens (tertiary/aromatic N) is 4. The topological polar surface area (TPSA) is 81.9 Å². The fourth-order valence-electron chi connectivity index (χ4n) is 3.33. The second kappa shape index (κ2) is 11.3. The Hall–Kier alpha value is -3.65. The summed E-state index contributed by atoms with van der Waals surface area (Å²) in [6.07, 6.45) is 4.26. The van der Waals surface area contributed by atoms with Gasteiger partial charge in [-0.05, 0) is 41.8 Å². The zero-order valence-electron chi connectivity index (χ0n) is 18.3. The van der Waals surface area contributed by atoms with E-state index >= 15 is 0 Å². The Labute approximate surface area is 197 Å². The molecule has 2 aromatic carbocycles. The van der Waals surface area contributed by atoms with Crippen molar-refractivity contribution in [3.05, 3.63) is 90.3 Å². The summed E-state index contributed by atoms with van der Waals surface area (Å²) >= 11 is 1.38. The molecule has 4 aromatic rings. The summed E-state index contributed by atoms with van der Waals surface area (Å²) in [6, 6.07) is 21.8. The summed E-state index contributed by atoms with van der Waals surface area (Å²) in [6.45, 7) is 1.18. The molecule has 0 aliphatic rings. The summed E-state index contributed by atoms with van der Waals surface area (Å²) in [5.74, 6) is 1.78. The highest BCUT2D eigenvalue weighted by Crippen LogP contribution is 2.24. The second-order valence-electron chi connectivity index (χ2n) is 7.36. The number of pyridine rings is 1. The maximum absolute atomic E-state index is 12.4. The third kappa shape index (κ3) is 6.20. The van der Waals surface area contributed by atoms with Crippen LogP contribution in [0.3, 0.4) is 0 Å². The van der Waals surface area contributed by atoms with Gasteiger partial charge in [-0.25, -0.2) is 0 Å². The number of hydrogen-bond acceptors (Lipinski definition) is 6. The molecule has 0 aliphatic carbocycles. The highest BCUT2D eigenvalue weighted by atomic mass is 32.2. The van der Waals surface area contributed by atoms with Crippen molar-refractivity contribution in [1.29, 1.82) is 0 Å². The molecule has 0 saturated carbocycles. The SMILES string of the molecule is COc1ccc(CCNC(=O)CSc2nnc(-c3cccnc3)n2Cc2ccccc2)cc1. The van der Waals surface area contributed by atoms with E-state index in [1.807, 2.05) is 59.2 Å². The van der Waals surface area contributed by atoms with Gasteiger partial charge in [-0.15, -0.1) is 10.2 Å². The molecule has 1 N–H and O–H groups in total. The maximum Gasteiger partial charge on any atom is 0.230 e. The molecule has 0 saturated heterocycles. The van der Waals surface area contributed by atoms with Gasteiger partial charge in [0.05, 0.1) is 19.4 Å². The lowest BCUT2D eigenvalue weighted by Gasteiger charge is -2.10. The molecule has 2 aromatic heterocycles. The maximum atomic E-state index is 12.4. The zero-order valence-corrected chi connectivity index (χ0v) is 19.2. The van der Waals surface area contributed by atoms with Crippen molar-refractivity contribution in [2.45, 2.75) is 18.1 Å². The highest BCUT2D eigenvalue weighted by molar-refractivity contribution is 7.99. The lowest BCUT2D eigenvalue weighted by atomic mass is 10.1. The summed E-state index contributed by atoms with van der Waals surface area (Å²) in [4.78, 5) is 16.6. The average molecular weight is 460 g/mol. The molecular weight excluding hydrogens is 434 g/mol. The van der Waals surface area contributed by atoms with Crippen LogP contribution in [0.15, 0.2) is 84.3 Å². The van der Waals surface area contributed by atoms with Crippen LogP contribution in [0.1, 0.15) is 11.1 Å². The average Bonchev–Trinajstić information content (AvgIpc) is 3.26. The molecular formula is C25H25N5O2S. The van der Waals surface area contributed by atoms with Gasteiger partial charge in [0, 0.05) is 24.5 Å². The van der Waals surface area contributed by atoms with Crippen LogP contribution in [0.4, 0.5) is 0 Å². The minimum absolute atomic E-state index is 0.0364. The number of carbonyl (C=O) groups excluding carboxylic acids is 1. The van der Waals surface area contributed by atoms with E-state index in [0.717, 1.165) is 34.7 Å². The molecule has 2 heterocycles. The van der Waals surface area contributed by atoms with Crippen LogP contribution in [0, 0.1) is 0 Å². The smallest absolute Gasteiger partial charge is 0.230 e. The van der Waals surface area contributed by atoms with Crippen LogP contribution >= 0.6 is 11.8 Å². The van der Waals surface area contributed by atoms with Gasteiger partial charge in [-0.1, -0.05) is 54.2 Å². The fourth-order valence-corrected chi connectivity index (χ4v) is 4.10.